The van der Waals surface area contributed by atoms with Crippen molar-refractivity contribution in [1.29, 1.82) is 0 Å². The highest BCUT2D eigenvalue weighted by Crippen LogP contribution is 2.18. The number of hydrogen-bond acceptors (Lipinski definition) is 6. The maximum absolute atomic E-state index is 5.83. The summed E-state index contributed by atoms with van der Waals surface area (Å²) in [4.78, 5) is 11.4. The van der Waals surface area contributed by atoms with Crippen LogP contribution in [0.2, 0.25) is 5.02 Å². The number of rotatable bonds is 2. The molecule has 0 aliphatic carbocycles. The number of aromatic nitrogens is 3. The van der Waals surface area contributed by atoms with Crippen molar-refractivity contribution in [2.45, 2.75) is 0 Å². The van der Waals surface area contributed by atoms with E-state index in [9.17, 15) is 0 Å². The van der Waals surface area contributed by atoms with Gasteiger partial charge in [-0.05, 0) is 18.2 Å². The molecule has 82 valence electrons. The second-order valence-electron chi connectivity index (χ2n) is 3.01. The fraction of sp³-hybridized carbons (Fsp3) is 0. The van der Waals surface area contributed by atoms with Gasteiger partial charge in [0.1, 0.15) is 0 Å². The van der Waals surface area contributed by atoms with E-state index in [0.717, 1.165) is 5.69 Å². The SMILES string of the molecule is Nc1nc(N)nc(Nc2cccc(Cl)c2)n1. The van der Waals surface area contributed by atoms with Gasteiger partial charge in [0.05, 0.1) is 0 Å². The van der Waals surface area contributed by atoms with Gasteiger partial charge < -0.3 is 16.8 Å². The second kappa shape index (κ2) is 4.19. The molecule has 0 fully saturated rings. The van der Waals surface area contributed by atoms with Gasteiger partial charge >= 0.3 is 0 Å². The Kier molecular flexibility index (Phi) is 2.74. The highest BCUT2D eigenvalue weighted by Gasteiger charge is 2.02. The van der Waals surface area contributed by atoms with Gasteiger partial charge in [-0.15, -0.1) is 0 Å². The van der Waals surface area contributed by atoms with Crippen molar-refractivity contribution >= 4 is 35.1 Å². The number of benzene rings is 1. The lowest BCUT2D eigenvalue weighted by molar-refractivity contribution is 1.08. The van der Waals surface area contributed by atoms with Crippen LogP contribution in [0.4, 0.5) is 23.5 Å². The minimum Gasteiger partial charge on any atom is -0.368 e. The Hall–Kier alpha value is -2.08. The predicted octanol–water partition coefficient (Wildman–Crippen LogP) is 1.43. The Morgan fingerprint density at radius 1 is 1.06 bits per heavy atom. The minimum atomic E-state index is 0.0667. The van der Waals surface area contributed by atoms with E-state index in [1.54, 1.807) is 18.2 Å². The van der Waals surface area contributed by atoms with E-state index in [2.05, 4.69) is 20.3 Å². The molecule has 2 aromatic rings. The summed E-state index contributed by atoms with van der Waals surface area (Å²) in [5.41, 5.74) is 11.6. The number of nitrogens with two attached hydrogens (primary N) is 2. The average molecular weight is 237 g/mol. The minimum absolute atomic E-state index is 0.0667. The maximum atomic E-state index is 5.83. The number of halogens is 1. The molecule has 2 rings (SSSR count). The number of anilines is 4. The number of nitrogens with zero attached hydrogens (tertiary/aromatic N) is 3. The molecule has 0 amide bonds. The summed E-state index contributed by atoms with van der Waals surface area (Å²) in [5, 5.41) is 3.53. The van der Waals surface area contributed by atoms with E-state index in [0.29, 0.717) is 5.02 Å². The standard InChI is InChI=1S/C9H9ClN6/c10-5-2-1-3-6(4-5)13-9-15-7(11)14-8(12)16-9/h1-4H,(H5,11,12,13,14,15,16). The van der Waals surface area contributed by atoms with E-state index in [1.165, 1.54) is 0 Å². The molecule has 0 atom stereocenters. The molecular weight excluding hydrogens is 228 g/mol. The third-order valence-corrected chi connectivity index (χ3v) is 1.99. The molecule has 1 aromatic heterocycles. The summed E-state index contributed by atoms with van der Waals surface area (Å²) in [6.45, 7) is 0. The Morgan fingerprint density at radius 2 is 1.75 bits per heavy atom. The van der Waals surface area contributed by atoms with Crippen LogP contribution in [0.3, 0.4) is 0 Å². The second-order valence-corrected chi connectivity index (χ2v) is 3.45. The summed E-state index contributed by atoms with van der Waals surface area (Å²) >= 11 is 5.83. The molecule has 6 nitrogen and oxygen atoms in total. The first-order valence-electron chi connectivity index (χ1n) is 4.43. The molecule has 0 radical (unpaired) electrons. The summed E-state index contributed by atoms with van der Waals surface area (Å²) < 4.78 is 0. The summed E-state index contributed by atoms with van der Waals surface area (Å²) in [7, 11) is 0. The van der Waals surface area contributed by atoms with Crippen LogP contribution in [0, 0.1) is 0 Å². The monoisotopic (exact) mass is 236 g/mol. The first kappa shape index (κ1) is 10.4. The van der Waals surface area contributed by atoms with Gasteiger partial charge in [0.25, 0.3) is 0 Å². The topological polar surface area (TPSA) is 103 Å². The lowest BCUT2D eigenvalue weighted by Crippen LogP contribution is -2.06. The Labute approximate surface area is 96.7 Å². The van der Waals surface area contributed by atoms with E-state index >= 15 is 0 Å². The highest BCUT2D eigenvalue weighted by molar-refractivity contribution is 6.30. The van der Waals surface area contributed by atoms with Crippen molar-refractivity contribution in [1.82, 2.24) is 15.0 Å². The van der Waals surface area contributed by atoms with E-state index in [-0.39, 0.29) is 17.8 Å². The first-order valence-corrected chi connectivity index (χ1v) is 4.81. The summed E-state index contributed by atoms with van der Waals surface area (Å²) in [5.74, 6) is 0.418. The fourth-order valence-electron chi connectivity index (χ4n) is 1.16. The Morgan fingerprint density at radius 3 is 2.38 bits per heavy atom. The highest BCUT2D eigenvalue weighted by atomic mass is 35.5. The van der Waals surface area contributed by atoms with Gasteiger partial charge in [-0.3, -0.25) is 0 Å². The fourth-order valence-corrected chi connectivity index (χ4v) is 1.35. The summed E-state index contributed by atoms with van der Waals surface area (Å²) in [6, 6.07) is 7.13. The van der Waals surface area contributed by atoms with Crippen molar-refractivity contribution in [2.24, 2.45) is 0 Å². The third kappa shape index (κ3) is 2.48. The molecule has 0 unspecified atom stereocenters. The van der Waals surface area contributed by atoms with Gasteiger partial charge in [-0.2, -0.15) is 15.0 Å². The number of nitrogen functional groups attached to an aromatic ring is 2. The zero-order valence-electron chi connectivity index (χ0n) is 8.18. The molecule has 0 aliphatic rings. The zero-order valence-corrected chi connectivity index (χ0v) is 8.94. The molecular formula is C9H9ClN6. The Bertz CT molecular complexity index is 495. The molecule has 0 spiro atoms. The van der Waals surface area contributed by atoms with Crippen LogP contribution in [-0.2, 0) is 0 Å². The smallest absolute Gasteiger partial charge is 0.233 e. The van der Waals surface area contributed by atoms with Crippen LogP contribution in [0.25, 0.3) is 0 Å². The van der Waals surface area contributed by atoms with Crippen molar-refractivity contribution in [3.63, 3.8) is 0 Å². The van der Waals surface area contributed by atoms with E-state index < -0.39 is 0 Å². The van der Waals surface area contributed by atoms with Gasteiger partial charge in [0.2, 0.25) is 17.8 Å². The van der Waals surface area contributed by atoms with Gasteiger partial charge in [0.15, 0.2) is 0 Å². The van der Waals surface area contributed by atoms with E-state index in [1.807, 2.05) is 6.07 Å². The number of hydrogen-bond donors (Lipinski definition) is 3. The maximum Gasteiger partial charge on any atom is 0.233 e. The van der Waals surface area contributed by atoms with Crippen LogP contribution in [-0.4, -0.2) is 15.0 Å². The Balaban J connectivity index is 2.27. The molecule has 7 heteroatoms. The third-order valence-electron chi connectivity index (χ3n) is 1.75. The molecule has 0 aliphatic heterocycles. The van der Waals surface area contributed by atoms with Gasteiger partial charge in [-0.1, -0.05) is 17.7 Å². The molecule has 1 heterocycles. The van der Waals surface area contributed by atoms with Crippen molar-refractivity contribution < 1.29 is 0 Å². The number of nitrogens with one attached hydrogen (secondary N) is 1. The predicted molar refractivity (Wildman–Crippen MR) is 63.4 cm³/mol. The van der Waals surface area contributed by atoms with Gasteiger partial charge in [-0.25, -0.2) is 0 Å². The van der Waals surface area contributed by atoms with Crippen LogP contribution in [0.1, 0.15) is 0 Å². The van der Waals surface area contributed by atoms with Crippen molar-refractivity contribution in [3.05, 3.63) is 29.3 Å². The van der Waals surface area contributed by atoms with Gasteiger partial charge in [0, 0.05) is 10.7 Å². The molecule has 0 saturated heterocycles. The summed E-state index contributed by atoms with van der Waals surface area (Å²) in [6.07, 6.45) is 0. The van der Waals surface area contributed by atoms with Crippen molar-refractivity contribution in [2.75, 3.05) is 16.8 Å². The van der Waals surface area contributed by atoms with Crippen LogP contribution in [0.5, 0.6) is 0 Å². The first-order chi connectivity index (χ1) is 7.63. The lowest BCUT2D eigenvalue weighted by atomic mass is 10.3. The molecule has 16 heavy (non-hydrogen) atoms. The average Bonchev–Trinajstić information content (AvgIpc) is 2.15. The normalized spacial score (nSPS) is 10.1. The lowest BCUT2D eigenvalue weighted by Gasteiger charge is -2.05. The zero-order chi connectivity index (χ0) is 11.5. The van der Waals surface area contributed by atoms with Crippen LogP contribution in [0.15, 0.2) is 24.3 Å². The van der Waals surface area contributed by atoms with Crippen LogP contribution < -0.4 is 16.8 Å². The van der Waals surface area contributed by atoms with E-state index in [4.69, 9.17) is 23.1 Å². The van der Waals surface area contributed by atoms with Crippen molar-refractivity contribution in [3.8, 4) is 0 Å². The molecule has 0 saturated carbocycles. The largest absolute Gasteiger partial charge is 0.368 e. The molecule has 5 N–H and O–H groups in total. The van der Waals surface area contributed by atoms with Crippen LogP contribution >= 0.6 is 11.6 Å². The molecule has 1 aromatic carbocycles. The quantitative estimate of drug-likeness (QED) is 0.729. The molecule has 0 bridgehead atoms.